The maximum absolute atomic E-state index is 13.7. The summed E-state index contributed by atoms with van der Waals surface area (Å²) in [6.07, 6.45) is 2.04. The maximum atomic E-state index is 13.7. The first-order chi connectivity index (χ1) is 20.9. The molecule has 1 saturated heterocycles. The molecule has 218 valence electrons. The van der Waals surface area contributed by atoms with Gasteiger partial charge in [0.25, 0.3) is 11.6 Å². The van der Waals surface area contributed by atoms with Gasteiger partial charge in [-0.25, -0.2) is 9.37 Å². The van der Waals surface area contributed by atoms with E-state index < -0.39 is 10.7 Å². The quantitative estimate of drug-likeness (QED) is 0.164. The summed E-state index contributed by atoms with van der Waals surface area (Å²) >= 11 is 0. The van der Waals surface area contributed by atoms with Crippen LogP contribution < -0.4 is 4.74 Å². The van der Waals surface area contributed by atoms with Gasteiger partial charge in [-0.3, -0.25) is 19.8 Å². The molecule has 1 amide bonds. The predicted molar refractivity (Wildman–Crippen MR) is 161 cm³/mol. The highest BCUT2D eigenvalue weighted by molar-refractivity contribution is 5.94. The van der Waals surface area contributed by atoms with Crippen LogP contribution in [0, 0.1) is 15.9 Å². The Kier molecular flexibility index (Phi) is 7.84. The van der Waals surface area contributed by atoms with Gasteiger partial charge in [-0.2, -0.15) is 0 Å². The molecule has 0 atom stereocenters. The number of nitrogens with zero attached hydrogens (tertiary/aromatic N) is 5. The average Bonchev–Trinajstić information content (AvgIpc) is 3.39. The summed E-state index contributed by atoms with van der Waals surface area (Å²) in [6.45, 7) is 5.24. The van der Waals surface area contributed by atoms with E-state index in [2.05, 4.69) is 4.90 Å². The van der Waals surface area contributed by atoms with Crippen LogP contribution in [0.15, 0.2) is 91.1 Å². The number of non-ortho nitro benzene ring substituents is 1. The molecule has 0 radical (unpaired) electrons. The second-order valence-corrected chi connectivity index (χ2v) is 10.4. The van der Waals surface area contributed by atoms with Crippen LogP contribution in [0.2, 0.25) is 0 Å². The third kappa shape index (κ3) is 5.96. The number of benzene rings is 3. The third-order valence-electron chi connectivity index (χ3n) is 7.63. The number of ether oxygens (including phenoxy) is 1. The third-order valence-corrected chi connectivity index (χ3v) is 7.63. The van der Waals surface area contributed by atoms with Crippen molar-refractivity contribution in [2.75, 3.05) is 32.8 Å². The first-order valence-corrected chi connectivity index (χ1v) is 14.2. The minimum atomic E-state index is -0.435. The van der Waals surface area contributed by atoms with Crippen LogP contribution in [0.5, 0.6) is 5.75 Å². The first-order valence-electron chi connectivity index (χ1n) is 14.2. The smallest absolute Gasteiger partial charge is 0.270 e. The van der Waals surface area contributed by atoms with Crippen LogP contribution in [0.3, 0.4) is 0 Å². The summed E-state index contributed by atoms with van der Waals surface area (Å²) in [5.74, 6) is 0.161. The zero-order chi connectivity index (χ0) is 29.9. The van der Waals surface area contributed by atoms with E-state index in [1.54, 1.807) is 29.2 Å². The number of amides is 1. The van der Waals surface area contributed by atoms with Crippen LogP contribution in [-0.4, -0.2) is 62.8 Å². The summed E-state index contributed by atoms with van der Waals surface area (Å²) < 4.78 is 21.5. The van der Waals surface area contributed by atoms with E-state index in [-0.39, 0.29) is 11.6 Å². The van der Waals surface area contributed by atoms with Gasteiger partial charge >= 0.3 is 0 Å². The van der Waals surface area contributed by atoms with Gasteiger partial charge in [0.15, 0.2) is 0 Å². The van der Waals surface area contributed by atoms with Crippen molar-refractivity contribution < 1.29 is 18.8 Å². The molecule has 1 aliphatic heterocycles. The van der Waals surface area contributed by atoms with Crippen molar-refractivity contribution in [3.8, 4) is 28.1 Å². The van der Waals surface area contributed by atoms with Crippen molar-refractivity contribution >= 4 is 17.2 Å². The standard InChI is InChI=1S/C33H30FN5O4/c1-2-43-29-11-5-6-23(20-29)26-12-13-31-35-32(24-7-4-10-28(19-24)39(41)42)30(38(31)21-26)22-36-14-16-37(17-15-36)33(40)25-8-3-9-27(34)18-25/h3-13,18-21H,2,14-17,22H2,1H3. The van der Waals surface area contributed by atoms with Crippen molar-refractivity contribution in [1.29, 1.82) is 0 Å². The highest BCUT2D eigenvalue weighted by Crippen LogP contribution is 2.31. The molecule has 0 spiro atoms. The normalized spacial score (nSPS) is 13.8. The fraction of sp³-hybridized carbons (Fsp3) is 0.212. The molecule has 5 aromatic rings. The Morgan fingerprint density at radius 3 is 2.47 bits per heavy atom. The molecule has 2 aromatic heterocycles. The van der Waals surface area contributed by atoms with E-state index in [0.29, 0.717) is 56.2 Å². The van der Waals surface area contributed by atoms with Crippen LogP contribution in [0.4, 0.5) is 10.1 Å². The number of imidazole rings is 1. The van der Waals surface area contributed by atoms with Gasteiger partial charge < -0.3 is 14.0 Å². The zero-order valence-corrected chi connectivity index (χ0v) is 23.6. The second kappa shape index (κ2) is 12.0. The van der Waals surface area contributed by atoms with Crippen molar-refractivity contribution in [2.24, 2.45) is 0 Å². The molecule has 0 unspecified atom stereocenters. The van der Waals surface area contributed by atoms with Crippen LogP contribution in [0.25, 0.3) is 28.0 Å². The molecule has 0 N–H and O–H groups in total. The van der Waals surface area contributed by atoms with Crippen molar-refractivity contribution in [3.63, 3.8) is 0 Å². The predicted octanol–water partition coefficient (Wildman–Crippen LogP) is 6.07. The topological polar surface area (TPSA) is 93.2 Å². The molecule has 1 aliphatic rings. The SMILES string of the molecule is CCOc1cccc(-c2ccc3nc(-c4cccc([N+](=O)[O-])c4)c(CN4CCN(C(=O)c5cccc(F)c5)CC4)n3c2)c1. The molecule has 3 heterocycles. The van der Waals surface area contributed by atoms with Gasteiger partial charge in [0, 0.05) is 62.2 Å². The Bertz CT molecular complexity index is 1810. The number of fused-ring (bicyclic) bond motifs is 1. The van der Waals surface area contributed by atoms with E-state index in [0.717, 1.165) is 28.2 Å². The largest absolute Gasteiger partial charge is 0.494 e. The number of hydrogen-bond donors (Lipinski definition) is 0. The Hall–Kier alpha value is -5.09. The van der Waals surface area contributed by atoms with Gasteiger partial charge in [-0.1, -0.05) is 30.3 Å². The first kappa shape index (κ1) is 28.0. The Morgan fingerprint density at radius 1 is 0.930 bits per heavy atom. The number of aromatic nitrogens is 2. The average molecular weight is 580 g/mol. The van der Waals surface area contributed by atoms with Gasteiger partial charge in [0.1, 0.15) is 17.2 Å². The van der Waals surface area contributed by atoms with Crippen LogP contribution in [-0.2, 0) is 6.54 Å². The summed E-state index contributed by atoms with van der Waals surface area (Å²) in [6, 6.07) is 24.1. The Balaban J connectivity index is 1.33. The lowest BCUT2D eigenvalue weighted by molar-refractivity contribution is -0.384. The van der Waals surface area contributed by atoms with Crippen molar-refractivity contribution in [1.82, 2.24) is 19.2 Å². The number of pyridine rings is 1. The van der Waals surface area contributed by atoms with E-state index in [4.69, 9.17) is 9.72 Å². The van der Waals surface area contributed by atoms with Gasteiger partial charge in [0.05, 0.1) is 22.9 Å². The van der Waals surface area contributed by atoms with Crippen LogP contribution in [0.1, 0.15) is 23.0 Å². The molecular weight excluding hydrogens is 549 g/mol. The maximum Gasteiger partial charge on any atom is 0.270 e. The van der Waals surface area contributed by atoms with Gasteiger partial charge in [-0.05, 0) is 60.5 Å². The lowest BCUT2D eigenvalue weighted by Gasteiger charge is -2.34. The monoisotopic (exact) mass is 579 g/mol. The molecule has 10 heteroatoms. The highest BCUT2D eigenvalue weighted by atomic mass is 19.1. The number of nitro groups is 1. The summed E-state index contributed by atoms with van der Waals surface area (Å²) in [5, 5.41) is 11.5. The highest BCUT2D eigenvalue weighted by Gasteiger charge is 2.25. The van der Waals surface area contributed by atoms with Crippen LogP contribution >= 0.6 is 0 Å². The minimum Gasteiger partial charge on any atom is -0.494 e. The molecule has 0 saturated carbocycles. The second-order valence-electron chi connectivity index (χ2n) is 10.4. The molecular formula is C33H30FN5O4. The molecule has 43 heavy (non-hydrogen) atoms. The molecule has 6 rings (SSSR count). The Labute approximate surface area is 247 Å². The summed E-state index contributed by atoms with van der Waals surface area (Å²) in [5.41, 5.74) is 5.25. The summed E-state index contributed by atoms with van der Waals surface area (Å²) in [4.78, 5) is 33.0. The Morgan fingerprint density at radius 2 is 1.70 bits per heavy atom. The number of nitro benzene ring substituents is 1. The fourth-order valence-electron chi connectivity index (χ4n) is 5.47. The number of carbonyl (C=O) groups is 1. The van der Waals surface area contributed by atoms with Gasteiger partial charge in [0.2, 0.25) is 0 Å². The zero-order valence-electron chi connectivity index (χ0n) is 23.6. The number of piperazine rings is 1. The van der Waals surface area contributed by atoms with E-state index in [9.17, 15) is 19.3 Å². The van der Waals surface area contributed by atoms with E-state index >= 15 is 0 Å². The molecule has 3 aromatic carbocycles. The molecule has 9 nitrogen and oxygen atoms in total. The fourth-order valence-corrected chi connectivity index (χ4v) is 5.47. The summed E-state index contributed by atoms with van der Waals surface area (Å²) in [7, 11) is 0. The van der Waals surface area contributed by atoms with E-state index in [1.165, 1.54) is 18.2 Å². The number of hydrogen-bond acceptors (Lipinski definition) is 6. The molecule has 0 aliphatic carbocycles. The number of halogens is 1. The lowest BCUT2D eigenvalue weighted by atomic mass is 10.1. The van der Waals surface area contributed by atoms with Gasteiger partial charge in [-0.15, -0.1) is 0 Å². The molecule has 0 bridgehead atoms. The number of rotatable bonds is 8. The van der Waals surface area contributed by atoms with E-state index in [1.807, 2.05) is 60.0 Å². The molecule has 1 fully saturated rings. The number of carbonyl (C=O) groups excluding carboxylic acids is 1. The van der Waals surface area contributed by atoms with Crippen molar-refractivity contribution in [2.45, 2.75) is 13.5 Å². The minimum absolute atomic E-state index is 0.00147. The van der Waals surface area contributed by atoms with Crippen molar-refractivity contribution in [3.05, 3.63) is 118 Å². The lowest BCUT2D eigenvalue weighted by Crippen LogP contribution is -2.48.